The molecule has 0 aliphatic heterocycles. The molecule has 10 heteroatoms. The molecule has 0 aromatic carbocycles. The number of unbranched alkanes of at least 4 members (excludes halogenated alkanes) is 7. The van der Waals surface area contributed by atoms with E-state index in [1.54, 1.807) is 4.90 Å². The summed E-state index contributed by atoms with van der Waals surface area (Å²) in [6.07, 6.45) is 22.9. The number of nitrogens with one attached hydrogen (secondary N) is 2. The van der Waals surface area contributed by atoms with Crippen molar-refractivity contribution in [2.75, 3.05) is 26.2 Å². The van der Waals surface area contributed by atoms with Crippen LogP contribution in [-0.4, -0.2) is 72.4 Å². The van der Waals surface area contributed by atoms with Gasteiger partial charge in [-0.25, -0.2) is 9.59 Å². The maximum absolute atomic E-state index is 13.7. The molecule has 364 valence electrons. The predicted molar refractivity (Wildman–Crippen MR) is 254 cm³/mol. The Bertz CT molecular complexity index is 1440. The van der Waals surface area contributed by atoms with Crippen molar-refractivity contribution in [3.63, 3.8) is 0 Å². The Morgan fingerprint density at radius 1 is 0.651 bits per heavy atom. The fraction of sp³-hybridized carbons (Fsp3) is 0.925. The van der Waals surface area contributed by atoms with E-state index in [4.69, 9.17) is 14.2 Å². The second-order valence-corrected chi connectivity index (χ2v) is 23.7. The Balaban J connectivity index is 1.24. The molecule has 1 unspecified atom stereocenters. The number of ether oxygens (including phenoxy) is 3. The largest absolute Gasteiger partial charge is 0.461 e. The van der Waals surface area contributed by atoms with E-state index in [0.29, 0.717) is 49.2 Å². The van der Waals surface area contributed by atoms with Crippen molar-refractivity contribution in [1.82, 2.24) is 15.5 Å². The predicted octanol–water partition coefficient (Wildman–Crippen LogP) is 12.8. The van der Waals surface area contributed by atoms with Crippen LogP contribution in [0.4, 0.5) is 9.59 Å². The zero-order chi connectivity index (χ0) is 46.4. The van der Waals surface area contributed by atoms with Crippen molar-refractivity contribution < 1.29 is 33.4 Å². The Morgan fingerprint density at radius 3 is 1.84 bits per heavy atom. The average molecular weight is 886 g/mol. The zero-order valence-corrected chi connectivity index (χ0v) is 42.3. The van der Waals surface area contributed by atoms with Crippen LogP contribution in [0.25, 0.3) is 0 Å². The molecule has 0 radical (unpaired) electrons. The van der Waals surface area contributed by atoms with Gasteiger partial charge in [0.1, 0.15) is 23.9 Å². The van der Waals surface area contributed by atoms with Crippen LogP contribution < -0.4 is 10.6 Å². The number of hydrogen-bond donors (Lipinski definition) is 2. The van der Waals surface area contributed by atoms with Crippen LogP contribution in [-0.2, 0) is 23.8 Å². The van der Waals surface area contributed by atoms with E-state index in [1.165, 1.54) is 57.8 Å². The lowest BCUT2D eigenvalue weighted by atomic mass is 9.44. The maximum Gasteiger partial charge on any atom is 0.407 e. The summed E-state index contributed by atoms with van der Waals surface area (Å²) in [5, 5.41) is 5.63. The molecule has 0 bridgehead atoms. The average Bonchev–Trinajstić information content (AvgIpc) is 3.54. The molecule has 0 heterocycles. The summed E-state index contributed by atoms with van der Waals surface area (Å²) in [5.41, 5.74) is -0.217. The van der Waals surface area contributed by atoms with Gasteiger partial charge in [-0.3, -0.25) is 9.59 Å². The number of amides is 3. The van der Waals surface area contributed by atoms with Crippen molar-refractivity contribution in [2.45, 2.75) is 235 Å². The molecule has 10 nitrogen and oxygen atoms in total. The van der Waals surface area contributed by atoms with E-state index >= 15 is 0 Å². The van der Waals surface area contributed by atoms with Crippen molar-refractivity contribution in [2.24, 2.45) is 52.3 Å². The smallest absolute Gasteiger partial charge is 0.407 e. The molecular formula is C53H95N3O7. The van der Waals surface area contributed by atoms with Crippen molar-refractivity contribution in [3.8, 4) is 0 Å². The number of fused-ring (bicyclic) bond motifs is 5. The van der Waals surface area contributed by atoms with Gasteiger partial charge in [0.25, 0.3) is 0 Å². The van der Waals surface area contributed by atoms with Crippen LogP contribution in [0.3, 0.4) is 0 Å². The molecule has 2 N–H and O–H groups in total. The third-order valence-corrected chi connectivity index (χ3v) is 16.0. The standard InChI is InChI=1S/C53H95N3O7/c1-38(2)22-21-23-39(3)43-27-28-44-42-26-25-40-36-41(29-31-52(40,10)45(42)30-32-53(43,44)11)61-47(58)37-56(46(57)24-17-16-19-34-55-49(60)63-51(7,8)9)35-20-15-13-12-14-18-33-54-48(59)62-50(4,5)6/h38-45H,12-37H2,1-11H3,(H,54,59)(H,55,60)/t39-,40?,41+,42+,43-,44+,45+,52+,53-/m1/s1. The van der Waals surface area contributed by atoms with Gasteiger partial charge in [-0.1, -0.05) is 86.0 Å². The third-order valence-electron chi connectivity index (χ3n) is 16.0. The maximum atomic E-state index is 13.7. The Hall–Kier alpha value is -2.52. The number of hydrogen-bond acceptors (Lipinski definition) is 7. The summed E-state index contributed by atoms with van der Waals surface area (Å²) in [6.45, 7) is 25.3. The molecule has 4 fully saturated rings. The van der Waals surface area contributed by atoms with Gasteiger partial charge in [0.15, 0.2) is 0 Å². The summed E-state index contributed by atoms with van der Waals surface area (Å²) in [7, 11) is 0. The Morgan fingerprint density at radius 2 is 1.22 bits per heavy atom. The molecule has 0 saturated heterocycles. The first-order valence-corrected chi connectivity index (χ1v) is 26.0. The second kappa shape index (κ2) is 24.3. The summed E-state index contributed by atoms with van der Waals surface area (Å²) in [4.78, 5) is 53.0. The third kappa shape index (κ3) is 16.7. The van der Waals surface area contributed by atoms with Gasteiger partial charge in [0.05, 0.1) is 0 Å². The monoisotopic (exact) mass is 886 g/mol. The summed E-state index contributed by atoms with van der Waals surface area (Å²) in [6, 6.07) is 0. The lowest BCUT2D eigenvalue weighted by molar-refractivity contribution is -0.165. The minimum absolute atomic E-state index is 0.00166. The first-order valence-electron chi connectivity index (χ1n) is 26.0. The van der Waals surface area contributed by atoms with Crippen LogP contribution in [0.5, 0.6) is 0 Å². The first-order chi connectivity index (χ1) is 29.6. The number of carbonyl (C=O) groups excluding carboxylic acids is 4. The molecule has 0 spiro atoms. The Kier molecular flexibility index (Phi) is 20.5. The minimum atomic E-state index is -0.540. The highest BCUT2D eigenvalue weighted by Crippen LogP contribution is 2.68. The minimum Gasteiger partial charge on any atom is -0.461 e. The highest BCUT2D eigenvalue weighted by Gasteiger charge is 2.60. The van der Waals surface area contributed by atoms with Crippen LogP contribution in [0.2, 0.25) is 0 Å². The fourth-order valence-corrected chi connectivity index (χ4v) is 12.9. The van der Waals surface area contributed by atoms with Crippen LogP contribution in [0.1, 0.15) is 217 Å². The van der Waals surface area contributed by atoms with Crippen LogP contribution in [0.15, 0.2) is 0 Å². The Labute approximate surface area is 385 Å². The molecule has 0 aromatic rings. The van der Waals surface area contributed by atoms with E-state index in [-0.39, 0.29) is 30.6 Å². The summed E-state index contributed by atoms with van der Waals surface area (Å²) in [5.74, 6) is 5.34. The van der Waals surface area contributed by atoms with Crippen molar-refractivity contribution in [3.05, 3.63) is 0 Å². The van der Waals surface area contributed by atoms with Crippen LogP contribution in [0, 0.1) is 52.3 Å². The number of alkyl carbamates (subject to hydrolysis) is 2. The summed E-state index contributed by atoms with van der Waals surface area (Å²) < 4.78 is 16.9. The lowest BCUT2D eigenvalue weighted by Gasteiger charge is -2.61. The topological polar surface area (TPSA) is 123 Å². The zero-order valence-electron chi connectivity index (χ0n) is 42.3. The number of carbonyl (C=O) groups is 4. The molecule has 3 amide bonds. The van der Waals surface area contributed by atoms with Gasteiger partial charge in [-0.15, -0.1) is 0 Å². The van der Waals surface area contributed by atoms with E-state index in [1.807, 2.05) is 41.5 Å². The van der Waals surface area contributed by atoms with E-state index in [0.717, 1.165) is 106 Å². The number of esters is 1. The highest BCUT2D eigenvalue weighted by atomic mass is 16.6. The van der Waals surface area contributed by atoms with Gasteiger partial charge in [-0.05, 0) is 177 Å². The molecule has 0 aromatic heterocycles. The first kappa shape index (κ1) is 53.1. The molecule has 4 rings (SSSR count). The number of rotatable bonds is 23. The molecule has 4 aliphatic rings. The van der Waals surface area contributed by atoms with Gasteiger partial charge < -0.3 is 29.7 Å². The number of nitrogens with zero attached hydrogens (tertiary/aromatic N) is 1. The van der Waals surface area contributed by atoms with E-state index < -0.39 is 17.3 Å². The molecule has 63 heavy (non-hydrogen) atoms. The summed E-state index contributed by atoms with van der Waals surface area (Å²) >= 11 is 0. The quantitative estimate of drug-likeness (QED) is 0.0595. The molecule has 4 aliphatic carbocycles. The molecule has 4 saturated carbocycles. The fourth-order valence-electron chi connectivity index (χ4n) is 12.9. The normalized spacial score (nSPS) is 28.6. The van der Waals surface area contributed by atoms with Crippen molar-refractivity contribution in [1.29, 1.82) is 0 Å². The van der Waals surface area contributed by atoms with E-state index in [9.17, 15) is 19.2 Å². The van der Waals surface area contributed by atoms with Gasteiger partial charge in [-0.2, -0.15) is 0 Å². The van der Waals surface area contributed by atoms with Crippen molar-refractivity contribution >= 4 is 24.1 Å². The molecule has 9 atom stereocenters. The van der Waals surface area contributed by atoms with E-state index in [2.05, 4.69) is 45.3 Å². The highest BCUT2D eigenvalue weighted by molar-refractivity contribution is 5.82. The SMILES string of the molecule is CC(C)CCC[C@@H](C)[C@H]1CC[C@H]2[C@@H]3CCC4C[C@@H](OC(=O)CN(CCCCCCCCNC(=O)OC(C)(C)C)C(=O)CCCCCNC(=O)OC(C)(C)C)CC[C@]4(C)[C@H]3CC[C@]12C. The van der Waals surface area contributed by atoms with Gasteiger partial charge >= 0.3 is 18.2 Å². The lowest BCUT2D eigenvalue weighted by Crippen LogP contribution is -2.54. The molecular weight excluding hydrogens is 791 g/mol. The van der Waals surface area contributed by atoms with Crippen LogP contribution >= 0.6 is 0 Å². The van der Waals surface area contributed by atoms with Gasteiger partial charge in [0.2, 0.25) is 5.91 Å². The van der Waals surface area contributed by atoms with Gasteiger partial charge in [0, 0.05) is 26.1 Å². The second-order valence-electron chi connectivity index (χ2n) is 23.7.